The van der Waals surface area contributed by atoms with Gasteiger partial charge in [0.05, 0.1) is 5.75 Å². The van der Waals surface area contributed by atoms with Crippen molar-refractivity contribution in [2.45, 2.75) is 11.4 Å². The molecule has 0 aliphatic carbocycles. The lowest BCUT2D eigenvalue weighted by atomic mass is 10.1. The molecule has 0 spiro atoms. The van der Waals surface area contributed by atoms with E-state index in [2.05, 4.69) is 38.7 Å². The molecule has 0 aliphatic heterocycles. The van der Waals surface area contributed by atoms with Crippen LogP contribution in [0.4, 0.5) is 0 Å². The third-order valence-corrected chi connectivity index (χ3v) is 6.01. The first-order chi connectivity index (χ1) is 13.2. The van der Waals surface area contributed by atoms with Crippen molar-refractivity contribution in [3.8, 4) is 0 Å². The van der Waals surface area contributed by atoms with Gasteiger partial charge < -0.3 is 4.57 Å². The molecular formula is C23H18BrNOS. The number of fused-ring (bicyclic) bond motifs is 1. The molecule has 0 radical (unpaired) electrons. The summed E-state index contributed by atoms with van der Waals surface area (Å²) in [4.78, 5) is 14.0. The number of para-hydroxylation sites is 1. The lowest BCUT2D eigenvalue weighted by molar-refractivity contribution is 0.102. The van der Waals surface area contributed by atoms with Crippen molar-refractivity contribution >= 4 is 44.4 Å². The standard InChI is InChI=1S/C23H18BrNOS/c24-18-10-12-19(13-11-18)27-16-23(26)21-15-25(14-17-6-2-1-3-7-17)22-9-5-4-8-20(21)22/h1-13,15H,14,16H2. The van der Waals surface area contributed by atoms with Gasteiger partial charge in [-0.2, -0.15) is 0 Å². The molecule has 1 heterocycles. The molecule has 0 atom stereocenters. The largest absolute Gasteiger partial charge is 0.342 e. The molecule has 0 N–H and O–H groups in total. The quantitative estimate of drug-likeness (QED) is 0.257. The Morgan fingerprint density at radius 1 is 0.889 bits per heavy atom. The summed E-state index contributed by atoms with van der Waals surface area (Å²) in [5.41, 5.74) is 3.12. The van der Waals surface area contributed by atoms with Crippen LogP contribution in [0.1, 0.15) is 15.9 Å². The second-order valence-corrected chi connectivity index (χ2v) is 8.30. The maximum Gasteiger partial charge on any atom is 0.175 e. The number of ketones is 1. The van der Waals surface area contributed by atoms with Crippen LogP contribution in [0, 0.1) is 0 Å². The highest BCUT2D eigenvalue weighted by molar-refractivity contribution is 9.10. The van der Waals surface area contributed by atoms with E-state index in [-0.39, 0.29) is 5.78 Å². The highest BCUT2D eigenvalue weighted by Crippen LogP contribution is 2.26. The van der Waals surface area contributed by atoms with Crippen molar-refractivity contribution in [2.24, 2.45) is 0 Å². The van der Waals surface area contributed by atoms with E-state index < -0.39 is 0 Å². The van der Waals surface area contributed by atoms with Crippen LogP contribution >= 0.6 is 27.7 Å². The lowest BCUT2D eigenvalue weighted by Crippen LogP contribution is -2.02. The summed E-state index contributed by atoms with van der Waals surface area (Å²) in [5.74, 6) is 0.590. The maximum absolute atomic E-state index is 12.9. The molecule has 0 saturated heterocycles. The van der Waals surface area contributed by atoms with Crippen LogP contribution in [0.5, 0.6) is 0 Å². The van der Waals surface area contributed by atoms with E-state index in [1.807, 2.05) is 66.9 Å². The highest BCUT2D eigenvalue weighted by atomic mass is 79.9. The SMILES string of the molecule is O=C(CSc1ccc(Br)cc1)c1cn(Cc2ccccc2)c2ccccc12. The molecule has 0 aliphatic rings. The van der Waals surface area contributed by atoms with Crippen LogP contribution in [0.3, 0.4) is 0 Å². The van der Waals surface area contributed by atoms with Crippen molar-refractivity contribution in [1.82, 2.24) is 4.57 Å². The Kier molecular flexibility index (Phi) is 5.46. The topological polar surface area (TPSA) is 22.0 Å². The molecule has 0 amide bonds. The first-order valence-electron chi connectivity index (χ1n) is 8.74. The number of benzene rings is 3. The molecule has 3 aromatic carbocycles. The van der Waals surface area contributed by atoms with Gasteiger partial charge in [0.15, 0.2) is 5.78 Å². The number of rotatable bonds is 6. The Morgan fingerprint density at radius 2 is 1.59 bits per heavy atom. The molecule has 1 aromatic heterocycles. The van der Waals surface area contributed by atoms with E-state index in [0.717, 1.165) is 32.4 Å². The van der Waals surface area contributed by atoms with Crippen LogP contribution < -0.4 is 0 Å². The normalized spacial score (nSPS) is 11.0. The molecule has 2 nitrogen and oxygen atoms in total. The molecule has 4 rings (SSSR count). The zero-order chi connectivity index (χ0) is 18.6. The van der Waals surface area contributed by atoms with Gasteiger partial charge in [0.1, 0.15) is 0 Å². The highest BCUT2D eigenvalue weighted by Gasteiger charge is 2.15. The summed E-state index contributed by atoms with van der Waals surface area (Å²) in [6.45, 7) is 0.758. The summed E-state index contributed by atoms with van der Waals surface area (Å²) >= 11 is 5.01. The minimum atomic E-state index is 0.158. The lowest BCUT2D eigenvalue weighted by Gasteiger charge is -2.05. The summed E-state index contributed by atoms with van der Waals surface area (Å²) in [6.07, 6.45) is 2.00. The fraction of sp³-hybridized carbons (Fsp3) is 0.0870. The smallest absolute Gasteiger partial charge is 0.175 e. The number of carbonyl (C=O) groups is 1. The fourth-order valence-electron chi connectivity index (χ4n) is 3.14. The average Bonchev–Trinajstić information content (AvgIpc) is 3.07. The molecular weight excluding hydrogens is 418 g/mol. The van der Waals surface area contributed by atoms with Gasteiger partial charge >= 0.3 is 0 Å². The average molecular weight is 436 g/mol. The van der Waals surface area contributed by atoms with Gasteiger partial charge in [-0.15, -0.1) is 11.8 Å². The minimum absolute atomic E-state index is 0.158. The van der Waals surface area contributed by atoms with E-state index >= 15 is 0 Å². The van der Waals surface area contributed by atoms with Crippen LogP contribution in [0.15, 0.2) is 94.4 Å². The minimum Gasteiger partial charge on any atom is -0.342 e. The monoisotopic (exact) mass is 435 g/mol. The van der Waals surface area contributed by atoms with Crippen LogP contribution in [0.2, 0.25) is 0 Å². The third kappa shape index (κ3) is 4.18. The molecule has 4 aromatic rings. The number of halogens is 1. The first kappa shape index (κ1) is 18.1. The molecule has 0 fully saturated rings. The molecule has 4 heteroatoms. The van der Waals surface area contributed by atoms with Gasteiger partial charge in [-0.25, -0.2) is 0 Å². The zero-order valence-electron chi connectivity index (χ0n) is 14.6. The Labute approximate surface area is 171 Å². The van der Waals surface area contributed by atoms with Gasteiger partial charge in [-0.05, 0) is 35.9 Å². The molecule has 27 heavy (non-hydrogen) atoms. The summed E-state index contributed by atoms with van der Waals surface area (Å²) in [7, 11) is 0. The van der Waals surface area contributed by atoms with Crippen LogP contribution in [0.25, 0.3) is 10.9 Å². The second kappa shape index (κ2) is 8.15. The van der Waals surface area contributed by atoms with Crippen molar-refractivity contribution in [1.29, 1.82) is 0 Å². The first-order valence-corrected chi connectivity index (χ1v) is 10.5. The number of thioether (sulfide) groups is 1. The molecule has 0 saturated carbocycles. The van der Waals surface area contributed by atoms with E-state index in [1.54, 1.807) is 11.8 Å². The Hall–Kier alpha value is -2.30. The van der Waals surface area contributed by atoms with Crippen molar-refractivity contribution < 1.29 is 4.79 Å². The van der Waals surface area contributed by atoms with Gasteiger partial charge in [0.25, 0.3) is 0 Å². The Morgan fingerprint density at radius 3 is 2.37 bits per heavy atom. The molecule has 0 bridgehead atoms. The summed E-state index contributed by atoms with van der Waals surface area (Å²) in [6, 6.07) is 26.5. The number of Topliss-reactive ketones (excluding diaryl/α,β-unsaturated/α-hetero) is 1. The zero-order valence-corrected chi connectivity index (χ0v) is 17.0. The van der Waals surface area contributed by atoms with Crippen LogP contribution in [-0.4, -0.2) is 16.1 Å². The molecule has 0 unspecified atom stereocenters. The van der Waals surface area contributed by atoms with Crippen LogP contribution in [-0.2, 0) is 6.54 Å². The van der Waals surface area contributed by atoms with Crippen molar-refractivity contribution in [2.75, 3.05) is 5.75 Å². The van der Waals surface area contributed by atoms with Gasteiger partial charge in [0.2, 0.25) is 0 Å². The third-order valence-electron chi connectivity index (χ3n) is 4.47. The van der Waals surface area contributed by atoms with E-state index in [0.29, 0.717) is 5.75 Å². The van der Waals surface area contributed by atoms with Gasteiger partial charge in [0, 0.05) is 38.6 Å². The van der Waals surface area contributed by atoms with E-state index in [1.165, 1.54) is 5.56 Å². The van der Waals surface area contributed by atoms with Gasteiger partial charge in [-0.1, -0.05) is 64.5 Å². The second-order valence-electron chi connectivity index (χ2n) is 6.34. The van der Waals surface area contributed by atoms with E-state index in [4.69, 9.17) is 0 Å². The van der Waals surface area contributed by atoms with Gasteiger partial charge in [-0.3, -0.25) is 4.79 Å². The fourth-order valence-corrected chi connectivity index (χ4v) is 4.18. The van der Waals surface area contributed by atoms with Crippen molar-refractivity contribution in [3.05, 3.63) is 101 Å². The molecule has 134 valence electrons. The Bertz CT molecular complexity index is 1070. The maximum atomic E-state index is 12.9. The summed E-state index contributed by atoms with van der Waals surface area (Å²) < 4.78 is 3.21. The predicted molar refractivity (Wildman–Crippen MR) is 117 cm³/mol. The Balaban J connectivity index is 1.59. The predicted octanol–water partition coefficient (Wildman–Crippen LogP) is 6.43. The van der Waals surface area contributed by atoms with E-state index in [9.17, 15) is 4.79 Å². The summed E-state index contributed by atoms with van der Waals surface area (Å²) in [5, 5.41) is 1.02. The number of nitrogens with zero attached hydrogens (tertiary/aromatic N) is 1. The van der Waals surface area contributed by atoms with Crippen molar-refractivity contribution in [3.63, 3.8) is 0 Å². The number of carbonyl (C=O) groups excluding carboxylic acids is 1. The number of hydrogen-bond donors (Lipinski definition) is 0. The number of hydrogen-bond acceptors (Lipinski definition) is 2. The number of aromatic nitrogens is 1.